The summed E-state index contributed by atoms with van der Waals surface area (Å²) in [5.74, 6) is 2.68. The Bertz CT molecular complexity index is 375. The summed E-state index contributed by atoms with van der Waals surface area (Å²) < 4.78 is 5.79. The van der Waals surface area contributed by atoms with Crippen LogP contribution in [0.15, 0.2) is 18.3 Å². The zero-order chi connectivity index (χ0) is 13.0. The summed E-state index contributed by atoms with van der Waals surface area (Å²) >= 11 is 0. The number of hydrogen-bond donors (Lipinski definition) is 1. The van der Waals surface area contributed by atoms with E-state index in [0.717, 1.165) is 23.9 Å². The highest BCUT2D eigenvalue weighted by molar-refractivity contribution is 5.50. The van der Waals surface area contributed by atoms with Crippen LogP contribution in [0.1, 0.15) is 46.5 Å². The van der Waals surface area contributed by atoms with Gasteiger partial charge in [-0.3, -0.25) is 0 Å². The van der Waals surface area contributed by atoms with Crippen LogP contribution in [0.4, 0.5) is 5.82 Å². The average molecular weight is 248 g/mol. The molecule has 3 heteroatoms. The third-order valence-corrected chi connectivity index (χ3v) is 3.28. The summed E-state index contributed by atoms with van der Waals surface area (Å²) in [5.41, 5.74) is 0. The lowest BCUT2D eigenvalue weighted by atomic mass is 10.1. The number of rotatable bonds is 7. The molecular weight excluding hydrogens is 224 g/mol. The predicted molar refractivity (Wildman–Crippen MR) is 75.0 cm³/mol. The van der Waals surface area contributed by atoms with Crippen LogP contribution in [-0.2, 0) is 0 Å². The van der Waals surface area contributed by atoms with Gasteiger partial charge in [0.2, 0.25) is 0 Å². The molecule has 0 saturated heterocycles. The Morgan fingerprint density at radius 3 is 2.83 bits per heavy atom. The zero-order valence-electron chi connectivity index (χ0n) is 11.6. The van der Waals surface area contributed by atoms with Gasteiger partial charge in [0.15, 0.2) is 11.6 Å². The molecule has 1 heterocycles. The normalized spacial score (nSPS) is 16.7. The largest absolute Gasteiger partial charge is 0.487 e. The Hall–Kier alpha value is -1.25. The third kappa shape index (κ3) is 3.90. The highest BCUT2D eigenvalue weighted by atomic mass is 16.5. The molecule has 1 N–H and O–H groups in total. The van der Waals surface area contributed by atoms with Crippen molar-refractivity contribution in [2.24, 2.45) is 5.92 Å². The molecule has 0 spiro atoms. The van der Waals surface area contributed by atoms with Crippen LogP contribution in [0, 0.1) is 5.92 Å². The molecule has 3 nitrogen and oxygen atoms in total. The lowest BCUT2D eigenvalue weighted by Gasteiger charge is -2.20. The fourth-order valence-corrected chi connectivity index (χ4v) is 2.12. The molecule has 0 bridgehead atoms. The predicted octanol–water partition coefficient (Wildman–Crippen LogP) is 3.86. The van der Waals surface area contributed by atoms with Gasteiger partial charge in [-0.2, -0.15) is 0 Å². The summed E-state index contributed by atoms with van der Waals surface area (Å²) in [5, 5.41) is 3.54. The minimum atomic E-state index is 0.179. The van der Waals surface area contributed by atoms with Crippen molar-refractivity contribution in [1.82, 2.24) is 4.98 Å². The second kappa shape index (κ2) is 6.07. The molecule has 0 aromatic carbocycles. The number of pyridine rings is 1. The molecule has 1 fully saturated rings. The maximum Gasteiger partial charge on any atom is 0.168 e. The van der Waals surface area contributed by atoms with Gasteiger partial charge in [0.25, 0.3) is 0 Å². The minimum absolute atomic E-state index is 0.179. The molecule has 0 amide bonds. The minimum Gasteiger partial charge on any atom is -0.487 e. The molecule has 1 aliphatic carbocycles. The van der Waals surface area contributed by atoms with Gasteiger partial charge in [-0.25, -0.2) is 4.98 Å². The van der Waals surface area contributed by atoms with Gasteiger partial charge in [-0.05, 0) is 44.7 Å². The van der Waals surface area contributed by atoms with E-state index in [9.17, 15) is 0 Å². The first-order valence-corrected chi connectivity index (χ1v) is 7.07. The van der Waals surface area contributed by atoms with Crippen LogP contribution >= 0.6 is 0 Å². The van der Waals surface area contributed by atoms with Gasteiger partial charge in [0.1, 0.15) is 0 Å². The molecule has 2 rings (SSSR count). The Kier molecular flexibility index (Phi) is 4.45. The van der Waals surface area contributed by atoms with Gasteiger partial charge in [-0.15, -0.1) is 0 Å². The van der Waals surface area contributed by atoms with Crippen molar-refractivity contribution in [3.05, 3.63) is 18.3 Å². The third-order valence-electron chi connectivity index (χ3n) is 3.28. The monoisotopic (exact) mass is 248 g/mol. The van der Waals surface area contributed by atoms with Crippen molar-refractivity contribution in [2.75, 3.05) is 5.32 Å². The molecule has 1 unspecified atom stereocenters. The highest BCUT2D eigenvalue weighted by Crippen LogP contribution is 2.35. The van der Waals surface area contributed by atoms with Crippen LogP contribution in [0.2, 0.25) is 0 Å². The van der Waals surface area contributed by atoms with E-state index in [1.165, 1.54) is 19.3 Å². The van der Waals surface area contributed by atoms with Crippen molar-refractivity contribution < 1.29 is 4.74 Å². The number of nitrogens with one attached hydrogen (secondary N) is 1. The second-order valence-corrected chi connectivity index (χ2v) is 5.45. The topological polar surface area (TPSA) is 34.2 Å². The van der Waals surface area contributed by atoms with Gasteiger partial charge in [0, 0.05) is 12.2 Å². The van der Waals surface area contributed by atoms with E-state index in [-0.39, 0.29) is 6.10 Å². The molecule has 100 valence electrons. The first-order valence-electron chi connectivity index (χ1n) is 7.07. The molecule has 0 aliphatic heterocycles. The quantitative estimate of drug-likeness (QED) is 0.795. The van der Waals surface area contributed by atoms with E-state index < -0.39 is 0 Å². The van der Waals surface area contributed by atoms with Crippen molar-refractivity contribution in [2.45, 2.75) is 58.6 Å². The molecule has 18 heavy (non-hydrogen) atoms. The van der Waals surface area contributed by atoms with Gasteiger partial charge in [-0.1, -0.05) is 19.8 Å². The van der Waals surface area contributed by atoms with Gasteiger partial charge >= 0.3 is 0 Å². The molecule has 1 atom stereocenters. The fraction of sp³-hybridized carbons (Fsp3) is 0.667. The summed E-state index contributed by atoms with van der Waals surface area (Å²) in [6.45, 7) is 6.31. The van der Waals surface area contributed by atoms with Crippen LogP contribution < -0.4 is 10.1 Å². The smallest absolute Gasteiger partial charge is 0.168 e. The Balaban J connectivity index is 2.01. The maximum absolute atomic E-state index is 5.79. The highest BCUT2D eigenvalue weighted by Gasteiger charge is 2.25. The van der Waals surface area contributed by atoms with Crippen LogP contribution in [0.3, 0.4) is 0 Å². The van der Waals surface area contributed by atoms with E-state index in [2.05, 4.69) is 17.2 Å². The maximum atomic E-state index is 5.79. The zero-order valence-corrected chi connectivity index (χ0v) is 11.6. The number of nitrogens with zero attached hydrogens (tertiary/aromatic N) is 1. The Labute approximate surface area is 110 Å². The first-order chi connectivity index (χ1) is 8.69. The van der Waals surface area contributed by atoms with Gasteiger partial charge < -0.3 is 10.1 Å². The number of aromatic nitrogens is 1. The van der Waals surface area contributed by atoms with Crippen molar-refractivity contribution in [3.63, 3.8) is 0 Å². The average Bonchev–Trinajstić information content (AvgIpc) is 3.14. The fourth-order valence-electron chi connectivity index (χ4n) is 2.12. The van der Waals surface area contributed by atoms with Crippen molar-refractivity contribution >= 4 is 5.82 Å². The Morgan fingerprint density at radius 1 is 1.44 bits per heavy atom. The van der Waals surface area contributed by atoms with Crippen molar-refractivity contribution in [1.29, 1.82) is 0 Å². The second-order valence-electron chi connectivity index (χ2n) is 5.45. The van der Waals surface area contributed by atoms with Crippen LogP contribution in [0.5, 0.6) is 5.75 Å². The summed E-state index contributed by atoms with van der Waals surface area (Å²) in [7, 11) is 0. The number of hydrogen-bond acceptors (Lipinski definition) is 3. The number of anilines is 1. The SMILES string of the molecule is CCC(CC1CC1)Nc1ncccc1OC(C)C. The van der Waals surface area contributed by atoms with E-state index >= 15 is 0 Å². The lowest BCUT2D eigenvalue weighted by Crippen LogP contribution is -2.21. The summed E-state index contributed by atoms with van der Waals surface area (Å²) in [6, 6.07) is 4.42. The molecule has 1 saturated carbocycles. The summed E-state index contributed by atoms with van der Waals surface area (Å²) in [4.78, 5) is 4.41. The molecule has 1 aliphatic rings. The first kappa shape index (κ1) is 13.2. The molecule has 0 radical (unpaired) electrons. The molecule has 1 aromatic rings. The van der Waals surface area contributed by atoms with E-state index in [1.807, 2.05) is 32.2 Å². The van der Waals surface area contributed by atoms with Crippen LogP contribution in [-0.4, -0.2) is 17.1 Å². The standard InChI is InChI=1S/C15H24N2O/c1-4-13(10-12-7-8-12)17-15-14(18-11(2)3)6-5-9-16-15/h5-6,9,11-13H,4,7-8,10H2,1-3H3,(H,16,17). The molecule has 1 aromatic heterocycles. The summed E-state index contributed by atoms with van der Waals surface area (Å²) in [6.07, 6.45) is 7.19. The van der Waals surface area contributed by atoms with E-state index in [1.54, 1.807) is 0 Å². The number of ether oxygens (including phenoxy) is 1. The van der Waals surface area contributed by atoms with Gasteiger partial charge in [0.05, 0.1) is 6.10 Å². The van der Waals surface area contributed by atoms with E-state index in [0.29, 0.717) is 6.04 Å². The Morgan fingerprint density at radius 2 is 2.22 bits per heavy atom. The lowest BCUT2D eigenvalue weighted by molar-refractivity contribution is 0.242. The van der Waals surface area contributed by atoms with Crippen molar-refractivity contribution in [3.8, 4) is 5.75 Å². The van der Waals surface area contributed by atoms with E-state index in [4.69, 9.17) is 4.74 Å². The van der Waals surface area contributed by atoms with Crippen LogP contribution in [0.25, 0.3) is 0 Å². The molecular formula is C15H24N2O.